The van der Waals surface area contributed by atoms with Gasteiger partial charge in [-0.05, 0) is 97.4 Å². The number of pyridine rings is 2. The molecule has 11 rings (SSSR count). The highest BCUT2D eigenvalue weighted by Gasteiger charge is 2.44. The van der Waals surface area contributed by atoms with Crippen LogP contribution in [0.25, 0.3) is 27.8 Å². The minimum atomic E-state index is -0.851. The molecule has 5 aromatic heterocycles. The second-order valence-corrected chi connectivity index (χ2v) is 22.3. The third kappa shape index (κ3) is 12.3. The standard InChI is InChI=1S/C60H67N11O9S/c1-35(2)56(60(74)70-32-44(72)24-51(70)59(73)65-36(3)38-12-14-39(15-13-38)57-37(4)64-33-81-57)53-28-55(68-80-53)76-22-8-9-40-16-19-45(29-63-40)78-46-25-47(26-46)79-54-23-41(20-21-62-54)71-42-17-18-43(71)31-69(30-42)50-27-49(66-67-58(50)61)48-10-6-7-11-52(48)77-34-75-5/h6-16,19-21,23,27-29,33,35-36,42-44,46-47,51,56,72H,17-18,22,24-26,30-32,34H2,1-5H3,(H2,61,67)(H,65,73)/b9-8+/t36-,42+,43?,44+,46?,47?,51-,56?/m0/s1. The van der Waals surface area contributed by atoms with E-state index in [1.807, 2.05) is 118 Å². The van der Waals surface area contributed by atoms with E-state index in [2.05, 4.69) is 57.6 Å². The molecule has 81 heavy (non-hydrogen) atoms. The molecule has 2 aromatic carbocycles. The van der Waals surface area contributed by atoms with E-state index in [1.165, 1.54) is 4.90 Å². The third-order valence-electron chi connectivity index (χ3n) is 15.5. The molecule has 2 bridgehead atoms. The highest BCUT2D eigenvalue weighted by molar-refractivity contribution is 7.13. The fraction of sp³-hybridized carbons (Fsp3) is 0.400. The van der Waals surface area contributed by atoms with Crippen molar-refractivity contribution in [1.29, 1.82) is 0 Å². The van der Waals surface area contributed by atoms with E-state index in [0.717, 1.165) is 77.4 Å². The highest BCUT2D eigenvalue weighted by atomic mass is 32.1. The van der Waals surface area contributed by atoms with Crippen LogP contribution in [0.3, 0.4) is 0 Å². The number of thiazole rings is 1. The Bertz CT molecular complexity index is 3320. The number of carbonyl (C=O) groups is 2. The van der Waals surface area contributed by atoms with E-state index >= 15 is 0 Å². The summed E-state index contributed by atoms with van der Waals surface area (Å²) in [5, 5.41) is 26.7. The smallest absolute Gasteiger partial charge is 0.254 e. The van der Waals surface area contributed by atoms with E-state index in [0.29, 0.717) is 40.3 Å². The molecule has 4 aliphatic rings. The van der Waals surface area contributed by atoms with Crippen molar-refractivity contribution in [1.82, 2.24) is 40.5 Å². The van der Waals surface area contributed by atoms with Crippen LogP contribution < -0.4 is 39.8 Å². The Morgan fingerprint density at radius 1 is 0.889 bits per heavy atom. The monoisotopic (exact) mass is 1120 g/mol. The molecule has 7 aromatic rings. The number of aliphatic hydroxyl groups excluding tert-OH is 1. The van der Waals surface area contributed by atoms with Crippen LogP contribution in [0, 0.1) is 12.8 Å². The summed E-state index contributed by atoms with van der Waals surface area (Å²) in [5.41, 5.74) is 15.4. The van der Waals surface area contributed by atoms with Gasteiger partial charge in [-0.25, -0.2) is 9.97 Å². The molecule has 3 aliphatic heterocycles. The number of amides is 2. The summed E-state index contributed by atoms with van der Waals surface area (Å²) >= 11 is 1.58. The second-order valence-electron chi connectivity index (χ2n) is 21.5. The molecular formula is C60H67N11O9S. The largest absolute Gasteiger partial charge is 0.489 e. The van der Waals surface area contributed by atoms with Gasteiger partial charge >= 0.3 is 0 Å². The first-order valence-electron chi connectivity index (χ1n) is 27.5. The highest BCUT2D eigenvalue weighted by Crippen LogP contribution is 2.41. The van der Waals surface area contributed by atoms with Crippen molar-refractivity contribution in [3.63, 3.8) is 0 Å². The number of aromatic nitrogens is 6. The fourth-order valence-corrected chi connectivity index (χ4v) is 12.2. The van der Waals surface area contributed by atoms with Gasteiger partial charge in [-0.3, -0.25) is 14.6 Å². The topological polar surface area (TPSA) is 239 Å². The van der Waals surface area contributed by atoms with Gasteiger partial charge in [0.1, 0.15) is 42.3 Å². The summed E-state index contributed by atoms with van der Waals surface area (Å²) in [6.45, 7) is 9.59. The summed E-state index contributed by atoms with van der Waals surface area (Å²) in [4.78, 5) is 48.8. The van der Waals surface area contributed by atoms with Gasteiger partial charge in [-0.1, -0.05) is 50.2 Å². The van der Waals surface area contributed by atoms with Crippen LogP contribution in [0.5, 0.6) is 23.3 Å². The van der Waals surface area contributed by atoms with Crippen LogP contribution in [0.2, 0.25) is 0 Å². The van der Waals surface area contributed by atoms with Gasteiger partial charge in [-0.15, -0.1) is 21.5 Å². The number of fused-ring (bicyclic) bond motifs is 2. The number of nitrogen functional groups attached to an aromatic ring is 1. The molecule has 2 unspecified atom stereocenters. The average molecular weight is 1120 g/mol. The van der Waals surface area contributed by atoms with Crippen LogP contribution in [0.15, 0.2) is 113 Å². The molecule has 422 valence electrons. The van der Waals surface area contributed by atoms with Crippen LogP contribution in [-0.2, 0) is 14.3 Å². The summed E-state index contributed by atoms with van der Waals surface area (Å²) in [5.74, 6) is 1.24. The molecule has 3 saturated heterocycles. The van der Waals surface area contributed by atoms with E-state index in [4.69, 9.17) is 33.9 Å². The Morgan fingerprint density at radius 2 is 1.68 bits per heavy atom. The van der Waals surface area contributed by atoms with Crippen LogP contribution >= 0.6 is 11.3 Å². The van der Waals surface area contributed by atoms with Gasteiger partial charge in [0.05, 0.1) is 51.5 Å². The molecule has 8 heterocycles. The van der Waals surface area contributed by atoms with E-state index in [-0.39, 0.29) is 80.3 Å². The summed E-state index contributed by atoms with van der Waals surface area (Å²) in [6, 6.07) is 26.6. The number of β-amino-alcohol motifs (C(OH)–C–C–N with tert-alkyl or cyclic N) is 1. The number of benzene rings is 2. The lowest BCUT2D eigenvalue weighted by Gasteiger charge is -2.43. The number of aryl methyl sites for hydroxylation is 1. The molecule has 1 aliphatic carbocycles. The number of anilines is 3. The first-order valence-corrected chi connectivity index (χ1v) is 28.4. The zero-order chi connectivity index (χ0) is 56.1. The lowest BCUT2D eigenvalue weighted by molar-refractivity contribution is -0.141. The summed E-state index contributed by atoms with van der Waals surface area (Å²) in [6.07, 6.45) is 9.99. The van der Waals surface area contributed by atoms with Gasteiger partial charge in [0.25, 0.3) is 5.88 Å². The number of methoxy groups -OCH3 is 1. The number of rotatable bonds is 21. The number of nitrogens with one attached hydrogen (secondary N) is 1. The van der Waals surface area contributed by atoms with Gasteiger partial charge in [0, 0.05) is 87.7 Å². The SMILES string of the molecule is COCOc1ccccc1-c1cc(N2CC3CC[C@H](C2)N3c2ccnc(OC3CC(Oc4ccc(/C=C/COc5cc(C(C(=O)N6C[C@H](O)C[C@H]6C(=O)N[C@@H](C)c6ccc(-c7scnc7C)cc6)C(C)C)on5)nc4)C3)c2)c(N)nn1. The van der Waals surface area contributed by atoms with E-state index in [1.54, 1.807) is 30.7 Å². The number of hydrogen-bond donors (Lipinski definition) is 3. The molecule has 0 radical (unpaired) electrons. The average Bonchev–Trinajstić information content (AvgIpc) is 4.48. The van der Waals surface area contributed by atoms with Crippen LogP contribution in [0.4, 0.5) is 17.2 Å². The minimum Gasteiger partial charge on any atom is -0.489 e. The molecule has 4 fully saturated rings. The van der Waals surface area contributed by atoms with Crippen molar-refractivity contribution >= 4 is 46.4 Å². The molecular weight excluding hydrogens is 1050 g/mol. The van der Waals surface area contributed by atoms with Crippen molar-refractivity contribution < 1.29 is 42.9 Å². The third-order valence-corrected chi connectivity index (χ3v) is 16.5. The number of hydrogen-bond acceptors (Lipinski definition) is 19. The first kappa shape index (κ1) is 54.8. The van der Waals surface area contributed by atoms with Crippen LogP contribution in [0.1, 0.15) is 87.5 Å². The van der Waals surface area contributed by atoms with Crippen molar-refractivity contribution in [2.75, 3.05) is 55.7 Å². The maximum atomic E-state index is 14.2. The van der Waals surface area contributed by atoms with Crippen molar-refractivity contribution in [3.8, 4) is 45.0 Å². The number of piperazine rings is 1. The molecule has 20 nitrogen and oxygen atoms in total. The first-order chi connectivity index (χ1) is 39.3. The lowest BCUT2D eigenvalue weighted by atomic mass is 9.91. The molecule has 4 N–H and O–H groups in total. The Kier molecular flexibility index (Phi) is 16.4. The zero-order valence-corrected chi connectivity index (χ0v) is 46.8. The zero-order valence-electron chi connectivity index (χ0n) is 46.0. The number of likely N-dealkylation sites (tertiary alicyclic amines) is 1. The van der Waals surface area contributed by atoms with Crippen molar-refractivity contribution in [2.24, 2.45) is 5.92 Å². The van der Waals surface area contributed by atoms with Gasteiger partial charge in [0.2, 0.25) is 17.7 Å². The van der Waals surface area contributed by atoms with Gasteiger partial charge < -0.3 is 59.1 Å². The second kappa shape index (κ2) is 24.3. The van der Waals surface area contributed by atoms with E-state index < -0.39 is 18.1 Å². The number of nitrogens with two attached hydrogens (primary N) is 1. The fourth-order valence-electron chi connectivity index (χ4n) is 11.4. The number of ether oxygens (including phenoxy) is 5. The normalized spacial score (nSPS) is 21.2. The number of carbonyl (C=O) groups excluding carboxylic acids is 2. The summed E-state index contributed by atoms with van der Waals surface area (Å²) < 4.78 is 35.1. The number of aliphatic hydroxyl groups is 1. The molecule has 0 spiro atoms. The maximum absolute atomic E-state index is 14.2. The molecule has 2 amide bonds. The summed E-state index contributed by atoms with van der Waals surface area (Å²) in [7, 11) is 1.59. The van der Waals surface area contributed by atoms with Gasteiger partial charge in [0.15, 0.2) is 18.4 Å². The lowest BCUT2D eigenvalue weighted by Crippen LogP contribution is -2.54. The molecule has 6 atom stereocenters. The Labute approximate surface area is 474 Å². The number of para-hydroxylation sites is 1. The molecule has 1 saturated carbocycles. The van der Waals surface area contributed by atoms with Crippen molar-refractivity contribution in [3.05, 3.63) is 132 Å². The van der Waals surface area contributed by atoms with Gasteiger partial charge in [-0.2, -0.15) is 0 Å². The predicted octanol–water partition coefficient (Wildman–Crippen LogP) is 8.44. The minimum absolute atomic E-state index is 0.00971. The maximum Gasteiger partial charge on any atom is 0.254 e. The Hall–Kier alpha value is -8.14. The number of nitrogens with zero attached hydrogens (tertiary/aromatic N) is 9. The molecule has 21 heteroatoms. The van der Waals surface area contributed by atoms with E-state index in [9.17, 15) is 14.7 Å². The van der Waals surface area contributed by atoms with Crippen molar-refractivity contribution in [2.45, 2.75) is 108 Å². The predicted molar refractivity (Wildman–Crippen MR) is 306 cm³/mol. The quantitative estimate of drug-likeness (QED) is 0.0572. The van der Waals surface area contributed by atoms with Crippen LogP contribution in [-0.4, -0.2) is 129 Å². The Balaban J connectivity index is 0.623. The Morgan fingerprint density at radius 3 is 2.42 bits per heavy atom.